The highest BCUT2D eigenvalue weighted by Gasteiger charge is 2.28. The number of methoxy groups -OCH3 is 1. The molecule has 0 aliphatic carbocycles. The molecule has 0 saturated carbocycles. The van der Waals surface area contributed by atoms with Gasteiger partial charge in [-0.3, -0.25) is 0 Å². The van der Waals surface area contributed by atoms with Crippen molar-refractivity contribution in [3.63, 3.8) is 0 Å². The van der Waals surface area contributed by atoms with Crippen LogP contribution in [-0.4, -0.2) is 39.0 Å². The van der Waals surface area contributed by atoms with Gasteiger partial charge in [-0.25, -0.2) is 8.42 Å². The number of ether oxygens (including phenoxy) is 1. The summed E-state index contributed by atoms with van der Waals surface area (Å²) in [5.41, 5.74) is 5.97. The molecule has 1 aromatic rings. The first-order chi connectivity index (χ1) is 9.34. The number of hydrogen-bond donors (Lipinski definition) is 1. The fraction of sp³-hybridized carbons (Fsp3) is 0.538. The Labute approximate surface area is 125 Å². The number of anilines is 1. The Morgan fingerprint density at radius 1 is 1.45 bits per heavy atom. The van der Waals surface area contributed by atoms with Crippen LogP contribution in [-0.2, 0) is 14.8 Å². The van der Waals surface area contributed by atoms with Gasteiger partial charge in [0.1, 0.15) is 0 Å². The monoisotopic (exact) mass is 320 g/mol. The van der Waals surface area contributed by atoms with E-state index in [2.05, 4.69) is 0 Å². The molecule has 0 heterocycles. The quantitative estimate of drug-likeness (QED) is 0.783. The summed E-state index contributed by atoms with van der Waals surface area (Å²) in [5.74, 6) is 0. The highest BCUT2D eigenvalue weighted by atomic mass is 35.5. The van der Waals surface area contributed by atoms with Gasteiger partial charge >= 0.3 is 0 Å². The lowest BCUT2D eigenvalue weighted by Crippen LogP contribution is -2.40. The van der Waals surface area contributed by atoms with Crippen LogP contribution in [0.1, 0.15) is 20.3 Å². The molecular weight excluding hydrogens is 300 g/mol. The van der Waals surface area contributed by atoms with E-state index >= 15 is 0 Å². The minimum absolute atomic E-state index is 0.119. The minimum Gasteiger partial charge on any atom is -0.398 e. The van der Waals surface area contributed by atoms with Crippen LogP contribution in [0.3, 0.4) is 0 Å². The number of rotatable bonds is 7. The van der Waals surface area contributed by atoms with Crippen molar-refractivity contribution in [3.05, 3.63) is 23.2 Å². The number of sulfonamides is 1. The molecule has 114 valence electrons. The van der Waals surface area contributed by atoms with E-state index in [0.717, 1.165) is 0 Å². The van der Waals surface area contributed by atoms with Gasteiger partial charge in [-0.1, -0.05) is 18.5 Å². The van der Waals surface area contributed by atoms with Crippen LogP contribution in [0.15, 0.2) is 23.1 Å². The van der Waals surface area contributed by atoms with Crippen LogP contribution >= 0.6 is 11.6 Å². The van der Waals surface area contributed by atoms with Crippen molar-refractivity contribution in [2.45, 2.75) is 31.2 Å². The molecule has 0 aliphatic rings. The lowest BCUT2D eigenvalue weighted by atomic mass is 10.3. The van der Waals surface area contributed by atoms with Crippen molar-refractivity contribution in [1.82, 2.24) is 4.31 Å². The summed E-state index contributed by atoms with van der Waals surface area (Å²) in [5, 5.41) is 0.238. The first kappa shape index (κ1) is 17.2. The standard InChI is InChI=1S/C13H21ClN2O3S/c1-4-10(2)16(7-8-19-3)20(17,18)11-5-6-13(15)12(14)9-11/h5-6,9-10H,4,7-8,15H2,1-3H3. The molecule has 0 aromatic heterocycles. The fourth-order valence-electron chi connectivity index (χ4n) is 1.77. The smallest absolute Gasteiger partial charge is 0.243 e. The zero-order valence-electron chi connectivity index (χ0n) is 12.0. The van der Waals surface area contributed by atoms with Crippen LogP contribution in [0.2, 0.25) is 5.02 Å². The highest BCUT2D eigenvalue weighted by Crippen LogP contribution is 2.26. The van der Waals surface area contributed by atoms with Crippen LogP contribution in [0, 0.1) is 0 Å². The zero-order chi connectivity index (χ0) is 15.3. The normalized spacial score (nSPS) is 13.7. The maximum atomic E-state index is 12.7. The number of halogens is 1. The average molecular weight is 321 g/mol. The molecular formula is C13H21ClN2O3S. The third-order valence-corrected chi connectivity index (χ3v) is 5.51. The van der Waals surface area contributed by atoms with Gasteiger partial charge in [-0.05, 0) is 31.5 Å². The molecule has 1 unspecified atom stereocenters. The van der Waals surface area contributed by atoms with Crippen molar-refractivity contribution in [2.75, 3.05) is 26.0 Å². The Morgan fingerprint density at radius 2 is 2.10 bits per heavy atom. The number of nitrogens with two attached hydrogens (primary N) is 1. The van der Waals surface area contributed by atoms with Gasteiger partial charge in [-0.15, -0.1) is 0 Å². The molecule has 0 radical (unpaired) electrons. The van der Waals surface area contributed by atoms with E-state index in [9.17, 15) is 8.42 Å². The molecule has 7 heteroatoms. The summed E-state index contributed by atoms with van der Waals surface area (Å²) in [6.07, 6.45) is 0.714. The summed E-state index contributed by atoms with van der Waals surface area (Å²) in [7, 11) is -2.07. The van der Waals surface area contributed by atoms with E-state index in [-0.39, 0.29) is 16.0 Å². The fourth-order valence-corrected chi connectivity index (χ4v) is 3.73. The Morgan fingerprint density at radius 3 is 2.60 bits per heavy atom. The molecule has 5 nitrogen and oxygen atoms in total. The van der Waals surface area contributed by atoms with E-state index in [0.29, 0.717) is 25.3 Å². The second-order valence-corrected chi connectivity index (χ2v) is 6.85. The maximum absolute atomic E-state index is 12.7. The summed E-state index contributed by atoms with van der Waals surface area (Å²) in [6, 6.07) is 4.24. The van der Waals surface area contributed by atoms with Crippen molar-refractivity contribution < 1.29 is 13.2 Å². The molecule has 0 amide bonds. The van der Waals surface area contributed by atoms with Gasteiger partial charge in [0, 0.05) is 19.7 Å². The van der Waals surface area contributed by atoms with Crippen molar-refractivity contribution >= 4 is 27.3 Å². The lowest BCUT2D eigenvalue weighted by Gasteiger charge is -2.27. The minimum atomic E-state index is -3.61. The highest BCUT2D eigenvalue weighted by molar-refractivity contribution is 7.89. The molecule has 2 N–H and O–H groups in total. The largest absolute Gasteiger partial charge is 0.398 e. The van der Waals surface area contributed by atoms with Crippen LogP contribution < -0.4 is 5.73 Å². The number of hydrogen-bond acceptors (Lipinski definition) is 4. The Kier molecular flexibility index (Phi) is 6.26. The second kappa shape index (κ2) is 7.26. The maximum Gasteiger partial charge on any atom is 0.243 e. The Balaban J connectivity index is 3.17. The predicted octanol–water partition coefficient (Wildman–Crippen LogP) is 2.36. The predicted molar refractivity (Wildman–Crippen MR) is 81.4 cm³/mol. The molecule has 20 heavy (non-hydrogen) atoms. The Hall–Kier alpha value is -0.820. The van der Waals surface area contributed by atoms with Gasteiger partial charge in [-0.2, -0.15) is 4.31 Å². The van der Waals surface area contributed by atoms with Gasteiger partial charge in [0.2, 0.25) is 10.0 Å². The molecule has 0 aliphatic heterocycles. The summed E-state index contributed by atoms with van der Waals surface area (Å²) < 4.78 is 31.8. The van der Waals surface area contributed by atoms with E-state index in [1.165, 1.54) is 22.5 Å². The first-order valence-corrected chi connectivity index (χ1v) is 8.22. The molecule has 1 atom stereocenters. The number of nitrogen functional groups attached to an aromatic ring is 1. The van der Waals surface area contributed by atoms with Gasteiger partial charge in [0.25, 0.3) is 0 Å². The topological polar surface area (TPSA) is 72.6 Å². The van der Waals surface area contributed by atoms with Gasteiger partial charge in [0.15, 0.2) is 0 Å². The van der Waals surface area contributed by atoms with E-state index in [1.807, 2.05) is 13.8 Å². The van der Waals surface area contributed by atoms with E-state index in [4.69, 9.17) is 22.1 Å². The van der Waals surface area contributed by atoms with Crippen LogP contribution in [0.25, 0.3) is 0 Å². The third kappa shape index (κ3) is 3.85. The lowest BCUT2D eigenvalue weighted by molar-refractivity contribution is 0.167. The summed E-state index contributed by atoms with van der Waals surface area (Å²) in [6.45, 7) is 4.45. The average Bonchev–Trinajstić information content (AvgIpc) is 2.41. The van der Waals surface area contributed by atoms with Crippen LogP contribution in [0.4, 0.5) is 5.69 Å². The van der Waals surface area contributed by atoms with E-state index < -0.39 is 10.0 Å². The van der Waals surface area contributed by atoms with E-state index in [1.54, 1.807) is 7.11 Å². The first-order valence-electron chi connectivity index (χ1n) is 6.40. The van der Waals surface area contributed by atoms with Gasteiger partial charge < -0.3 is 10.5 Å². The SMILES string of the molecule is CCC(C)N(CCOC)S(=O)(=O)c1ccc(N)c(Cl)c1. The number of nitrogens with zero attached hydrogens (tertiary/aromatic N) is 1. The zero-order valence-corrected chi connectivity index (χ0v) is 13.5. The second-order valence-electron chi connectivity index (χ2n) is 4.55. The van der Waals surface area contributed by atoms with Gasteiger partial charge in [0.05, 0.1) is 22.2 Å². The summed E-state index contributed by atoms with van der Waals surface area (Å²) >= 11 is 5.91. The molecule has 0 fully saturated rings. The van der Waals surface area contributed by atoms with Crippen molar-refractivity contribution in [1.29, 1.82) is 0 Å². The molecule has 1 aromatic carbocycles. The van der Waals surface area contributed by atoms with Crippen LogP contribution in [0.5, 0.6) is 0 Å². The molecule has 0 saturated heterocycles. The molecule has 0 bridgehead atoms. The molecule has 1 rings (SSSR count). The number of benzene rings is 1. The van der Waals surface area contributed by atoms with Crippen molar-refractivity contribution in [3.8, 4) is 0 Å². The summed E-state index contributed by atoms with van der Waals surface area (Å²) in [4.78, 5) is 0.146. The Bertz CT molecular complexity index is 549. The van der Waals surface area contributed by atoms with Crippen molar-refractivity contribution in [2.24, 2.45) is 0 Å². The molecule has 0 spiro atoms. The third-order valence-electron chi connectivity index (χ3n) is 3.18.